The van der Waals surface area contributed by atoms with Crippen LogP contribution in [-0.2, 0) is 13.0 Å². The number of thiocarbonyl (C=S) groups is 1. The quantitative estimate of drug-likeness (QED) is 0.714. The lowest BCUT2D eigenvalue weighted by Gasteiger charge is -2.09. The summed E-state index contributed by atoms with van der Waals surface area (Å²) in [5.74, 6) is 0.852. The molecule has 0 aliphatic carbocycles. The zero-order chi connectivity index (χ0) is 14.7. The fraction of sp³-hybridized carbons (Fsp3) is 0.200. The summed E-state index contributed by atoms with van der Waals surface area (Å²) >= 11 is 7.00. The van der Waals surface area contributed by atoms with E-state index in [1.807, 2.05) is 24.3 Å². The summed E-state index contributed by atoms with van der Waals surface area (Å²) in [5.41, 5.74) is 2.00. The number of nitrogens with zero attached hydrogens (tertiary/aromatic N) is 1. The average Bonchev–Trinajstić information content (AvgIpc) is 3.13. The molecule has 4 nitrogen and oxygen atoms in total. The molecule has 0 radical (unpaired) electrons. The number of aryl methyl sites for hydroxylation is 1. The Morgan fingerprint density at radius 1 is 1.38 bits per heavy atom. The predicted molar refractivity (Wildman–Crippen MR) is 90.8 cm³/mol. The summed E-state index contributed by atoms with van der Waals surface area (Å²) in [5, 5.41) is 8.02. The summed E-state index contributed by atoms with van der Waals surface area (Å²) < 4.78 is 6.42. The highest BCUT2D eigenvalue weighted by Gasteiger charge is 2.05. The Bertz CT molecular complexity index is 749. The van der Waals surface area contributed by atoms with Gasteiger partial charge in [0.25, 0.3) is 0 Å². The highest BCUT2D eigenvalue weighted by atomic mass is 32.1. The van der Waals surface area contributed by atoms with Crippen molar-refractivity contribution in [2.24, 2.45) is 0 Å². The summed E-state index contributed by atoms with van der Waals surface area (Å²) in [6, 6.07) is 9.85. The zero-order valence-corrected chi connectivity index (χ0v) is 13.2. The second-order valence-corrected chi connectivity index (χ2v) is 6.05. The van der Waals surface area contributed by atoms with Crippen LogP contribution in [0.2, 0.25) is 0 Å². The second-order valence-electron chi connectivity index (χ2n) is 4.53. The van der Waals surface area contributed by atoms with Crippen LogP contribution in [0, 0.1) is 0 Å². The van der Waals surface area contributed by atoms with Gasteiger partial charge in [-0.15, -0.1) is 11.3 Å². The van der Waals surface area contributed by atoms with Crippen molar-refractivity contribution in [3.8, 4) is 0 Å². The van der Waals surface area contributed by atoms with Gasteiger partial charge in [0.15, 0.2) is 5.11 Å². The van der Waals surface area contributed by atoms with E-state index in [-0.39, 0.29) is 0 Å². The van der Waals surface area contributed by atoms with Crippen LogP contribution in [0.3, 0.4) is 0 Å². The van der Waals surface area contributed by atoms with Crippen LogP contribution in [0.15, 0.2) is 41.0 Å². The minimum absolute atomic E-state index is 0.571. The fourth-order valence-corrected chi connectivity index (χ4v) is 3.09. The van der Waals surface area contributed by atoms with Gasteiger partial charge in [-0.2, -0.15) is 0 Å². The molecule has 2 heterocycles. The van der Waals surface area contributed by atoms with E-state index < -0.39 is 0 Å². The lowest BCUT2D eigenvalue weighted by molar-refractivity contribution is 0.503. The van der Waals surface area contributed by atoms with Gasteiger partial charge in [-0.05, 0) is 49.0 Å². The Kier molecular flexibility index (Phi) is 4.17. The molecule has 0 saturated heterocycles. The molecular weight excluding hydrogens is 302 g/mol. The summed E-state index contributed by atoms with van der Waals surface area (Å²) in [7, 11) is 0. The van der Waals surface area contributed by atoms with E-state index in [9.17, 15) is 0 Å². The molecule has 1 aromatic carbocycles. The molecule has 2 N–H and O–H groups in total. The molecule has 0 bridgehead atoms. The van der Waals surface area contributed by atoms with Crippen LogP contribution in [-0.4, -0.2) is 10.1 Å². The molecule has 0 spiro atoms. The zero-order valence-electron chi connectivity index (χ0n) is 11.6. The van der Waals surface area contributed by atoms with E-state index in [1.165, 1.54) is 4.70 Å². The smallest absolute Gasteiger partial charge is 0.171 e. The number of anilines is 1. The number of furan rings is 1. The van der Waals surface area contributed by atoms with Crippen molar-refractivity contribution in [2.45, 2.75) is 19.9 Å². The first-order valence-electron chi connectivity index (χ1n) is 6.71. The van der Waals surface area contributed by atoms with Gasteiger partial charge in [-0.25, -0.2) is 4.98 Å². The van der Waals surface area contributed by atoms with Crippen LogP contribution in [0.4, 0.5) is 5.69 Å². The third kappa shape index (κ3) is 3.40. The Labute approximate surface area is 132 Å². The number of fused-ring (bicyclic) bond motifs is 1. The highest BCUT2D eigenvalue weighted by molar-refractivity contribution is 7.80. The van der Waals surface area contributed by atoms with Crippen molar-refractivity contribution in [1.29, 1.82) is 0 Å². The molecule has 108 valence electrons. The number of hydrogen-bond acceptors (Lipinski definition) is 4. The van der Waals surface area contributed by atoms with Crippen LogP contribution >= 0.6 is 23.6 Å². The molecule has 0 aliphatic rings. The van der Waals surface area contributed by atoms with Gasteiger partial charge in [0.2, 0.25) is 0 Å². The molecule has 0 saturated carbocycles. The third-order valence-corrected chi connectivity index (χ3v) is 4.41. The molecule has 0 amide bonds. The van der Waals surface area contributed by atoms with Crippen LogP contribution in [0.5, 0.6) is 0 Å². The van der Waals surface area contributed by atoms with E-state index in [1.54, 1.807) is 17.6 Å². The van der Waals surface area contributed by atoms with Crippen molar-refractivity contribution in [2.75, 3.05) is 5.32 Å². The Morgan fingerprint density at radius 3 is 3.05 bits per heavy atom. The van der Waals surface area contributed by atoms with Gasteiger partial charge in [0.05, 0.1) is 28.0 Å². The van der Waals surface area contributed by atoms with E-state index in [0.717, 1.165) is 28.4 Å². The molecular formula is C15H15N3OS2. The minimum atomic E-state index is 0.571. The van der Waals surface area contributed by atoms with Crippen LogP contribution in [0.25, 0.3) is 10.2 Å². The maximum Gasteiger partial charge on any atom is 0.171 e. The molecule has 3 aromatic rings. The number of nitrogens with one attached hydrogen (secondary N) is 2. The number of aromatic nitrogens is 1. The molecule has 0 fully saturated rings. The maximum atomic E-state index is 5.28. The first-order chi connectivity index (χ1) is 10.2. The summed E-state index contributed by atoms with van der Waals surface area (Å²) in [4.78, 5) is 4.55. The number of rotatable bonds is 4. The second kappa shape index (κ2) is 6.24. The summed E-state index contributed by atoms with van der Waals surface area (Å²) in [6.45, 7) is 2.69. The Morgan fingerprint density at radius 2 is 2.29 bits per heavy atom. The number of thiazole rings is 1. The highest BCUT2D eigenvalue weighted by Crippen LogP contribution is 2.25. The first-order valence-corrected chi connectivity index (χ1v) is 7.94. The van der Waals surface area contributed by atoms with Crippen molar-refractivity contribution in [3.05, 3.63) is 47.4 Å². The molecule has 2 aromatic heterocycles. The molecule has 0 aliphatic heterocycles. The lowest BCUT2D eigenvalue weighted by Crippen LogP contribution is -2.27. The van der Waals surface area contributed by atoms with E-state index in [0.29, 0.717) is 11.7 Å². The SMILES string of the molecule is CCc1nc2ccc(NC(=S)NCc3ccco3)cc2s1. The largest absolute Gasteiger partial charge is 0.467 e. The van der Waals surface area contributed by atoms with E-state index in [4.69, 9.17) is 16.6 Å². The van der Waals surface area contributed by atoms with Crippen molar-refractivity contribution >= 4 is 44.6 Å². The number of hydrogen-bond donors (Lipinski definition) is 2. The van der Waals surface area contributed by atoms with Crippen molar-refractivity contribution in [1.82, 2.24) is 10.3 Å². The summed E-state index contributed by atoms with van der Waals surface area (Å²) in [6.07, 6.45) is 2.61. The predicted octanol–water partition coefficient (Wildman–Crippen LogP) is 3.94. The van der Waals surface area contributed by atoms with Crippen LogP contribution < -0.4 is 10.6 Å². The maximum absolute atomic E-state index is 5.28. The van der Waals surface area contributed by atoms with Gasteiger partial charge in [-0.1, -0.05) is 6.92 Å². The van der Waals surface area contributed by atoms with Crippen LogP contribution in [0.1, 0.15) is 17.7 Å². The monoisotopic (exact) mass is 317 g/mol. The topological polar surface area (TPSA) is 50.1 Å². The minimum Gasteiger partial charge on any atom is -0.467 e. The standard InChI is InChI=1S/C15H15N3OS2/c1-2-14-18-12-6-5-10(8-13(12)21-14)17-15(20)16-9-11-4-3-7-19-11/h3-8H,2,9H2,1H3,(H2,16,17,20). The number of benzene rings is 1. The van der Waals surface area contributed by atoms with Gasteiger partial charge >= 0.3 is 0 Å². The first kappa shape index (κ1) is 14.0. The lowest BCUT2D eigenvalue weighted by atomic mass is 10.3. The van der Waals surface area contributed by atoms with E-state index >= 15 is 0 Å². The van der Waals surface area contributed by atoms with Crippen molar-refractivity contribution in [3.63, 3.8) is 0 Å². The Hall–Kier alpha value is -1.92. The molecule has 6 heteroatoms. The van der Waals surface area contributed by atoms with Crippen molar-refractivity contribution < 1.29 is 4.42 Å². The van der Waals surface area contributed by atoms with Gasteiger partial charge < -0.3 is 15.1 Å². The van der Waals surface area contributed by atoms with Gasteiger partial charge in [0, 0.05) is 5.69 Å². The third-order valence-electron chi connectivity index (χ3n) is 3.00. The molecule has 0 atom stereocenters. The molecule has 0 unspecified atom stereocenters. The normalized spacial score (nSPS) is 10.7. The fourth-order valence-electron chi connectivity index (χ4n) is 1.96. The Balaban J connectivity index is 1.65. The average molecular weight is 317 g/mol. The molecule has 21 heavy (non-hydrogen) atoms. The van der Waals surface area contributed by atoms with Gasteiger partial charge in [-0.3, -0.25) is 0 Å². The molecule has 3 rings (SSSR count). The van der Waals surface area contributed by atoms with Gasteiger partial charge in [0.1, 0.15) is 5.76 Å². The van der Waals surface area contributed by atoms with E-state index in [2.05, 4.69) is 28.6 Å².